The Morgan fingerprint density at radius 1 is 1.14 bits per heavy atom. The molecule has 0 spiro atoms. The highest BCUT2D eigenvalue weighted by Gasteiger charge is 2.11. The van der Waals surface area contributed by atoms with E-state index < -0.39 is 0 Å². The summed E-state index contributed by atoms with van der Waals surface area (Å²) >= 11 is 6.12. The van der Waals surface area contributed by atoms with Crippen molar-refractivity contribution in [1.82, 2.24) is 9.88 Å². The molecule has 22 heavy (non-hydrogen) atoms. The number of ether oxygens (including phenoxy) is 1. The van der Waals surface area contributed by atoms with Gasteiger partial charge in [-0.15, -0.1) is 0 Å². The summed E-state index contributed by atoms with van der Waals surface area (Å²) in [6, 6.07) is 12.0. The van der Waals surface area contributed by atoms with Crippen LogP contribution in [0.5, 0.6) is 11.5 Å². The van der Waals surface area contributed by atoms with Crippen LogP contribution in [0.25, 0.3) is 10.9 Å². The smallest absolute Gasteiger partial charge is 0.133 e. The molecular formula is C18H19ClN2O. The van der Waals surface area contributed by atoms with E-state index in [1.807, 2.05) is 38.4 Å². The number of benzene rings is 2. The molecule has 1 N–H and O–H groups in total. The molecule has 114 valence electrons. The van der Waals surface area contributed by atoms with Gasteiger partial charge >= 0.3 is 0 Å². The molecule has 3 aromatic rings. The fraction of sp³-hybridized carbons (Fsp3) is 0.222. The van der Waals surface area contributed by atoms with Crippen LogP contribution in [-0.2, 0) is 13.6 Å². The van der Waals surface area contributed by atoms with Crippen LogP contribution < -0.4 is 10.1 Å². The zero-order chi connectivity index (χ0) is 15.7. The van der Waals surface area contributed by atoms with Gasteiger partial charge in [-0.05, 0) is 44.3 Å². The Kier molecular flexibility index (Phi) is 4.10. The largest absolute Gasteiger partial charge is 0.457 e. The Balaban J connectivity index is 2.03. The Bertz CT molecular complexity index is 823. The molecule has 3 rings (SSSR count). The zero-order valence-corrected chi connectivity index (χ0v) is 13.7. The van der Waals surface area contributed by atoms with Crippen LogP contribution in [0.2, 0.25) is 5.02 Å². The third kappa shape index (κ3) is 2.70. The number of aryl methyl sites for hydroxylation is 2. The molecule has 0 atom stereocenters. The predicted octanol–water partition coefficient (Wildman–Crippen LogP) is 4.65. The zero-order valence-electron chi connectivity index (χ0n) is 13.0. The lowest BCUT2D eigenvalue weighted by molar-refractivity contribution is 0.471. The number of rotatable bonds is 4. The van der Waals surface area contributed by atoms with E-state index >= 15 is 0 Å². The summed E-state index contributed by atoms with van der Waals surface area (Å²) in [7, 11) is 3.96. The van der Waals surface area contributed by atoms with Crippen molar-refractivity contribution in [1.29, 1.82) is 0 Å². The van der Waals surface area contributed by atoms with E-state index in [0.717, 1.165) is 29.2 Å². The standard InChI is InChI=1S/C18H19ClN2O/c1-12-15-8-9-21(3)16(15)6-7-17(12)22-18-10-14(19)5-4-13(18)11-20-2/h4-10,20H,11H2,1-3H3. The number of aromatic nitrogens is 1. The molecule has 0 amide bonds. The van der Waals surface area contributed by atoms with Crippen LogP contribution in [0.3, 0.4) is 0 Å². The number of halogens is 1. The van der Waals surface area contributed by atoms with Gasteiger partial charge in [-0.25, -0.2) is 0 Å². The molecule has 2 aromatic carbocycles. The Morgan fingerprint density at radius 3 is 2.73 bits per heavy atom. The van der Waals surface area contributed by atoms with Gasteiger partial charge in [0.05, 0.1) is 0 Å². The second-order valence-electron chi connectivity index (χ2n) is 5.43. The minimum atomic E-state index is 0.674. The van der Waals surface area contributed by atoms with Gasteiger partial charge in [0, 0.05) is 46.8 Å². The first-order chi connectivity index (χ1) is 10.6. The Hall–Kier alpha value is -1.97. The van der Waals surface area contributed by atoms with Gasteiger partial charge < -0.3 is 14.6 Å². The summed E-state index contributed by atoms with van der Waals surface area (Å²) in [5.74, 6) is 1.65. The number of nitrogens with one attached hydrogen (secondary N) is 1. The summed E-state index contributed by atoms with van der Waals surface area (Å²) in [6.07, 6.45) is 2.06. The van der Waals surface area contributed by atoms with Crippen molar-refractivity contribution in [3.63, 3.8) is 0 Å². The quantitative estimate of drug-likeness (QED) is 0.758. The Morgan fingerprint density at radius 2 is 1.95 bits per heavy atom. The van der Waals surface area contributed by atoms with Crippen molar-refractivity contribution in [2.75, 3.05) is 7.05 Å². The van der Waals surface area contributed by atoms with Crippen molar-refractivity contribution in [3.8, 4) is 11.5 Å². The molecule has 4 heteroatoms. The first-order valence-electron chi connectivity index (χ1n) is 7.25. The van der Waals surface area contributed by atoms with E-state index in [2.05, 4.69) is 35.1 Å². The second-order valence-corrected chi connectivity index (χ2v) is 5.87. The highest BCUT2D eigenvalue weighted by molar-refractivity contribution is 6.30. The molecular weight excluding hydrogens is 296 g/mol. The minimum Gasteiger partial charge on any atom is -0.457 e. The van der Waals surface area contributed by atoms with Crippen molar-refractivity contribution in [2.45, 2.75) is 13.5 Å². The van der Waals surface area contributed by atoms with Crippen molar-refractivity contribution < 1.29 is 4.74 Å². The molecule has 3 nitrogen and oxygen atoms in total. The van der Waals surface area contributed by atoms with Crippen LogP contribution in [0.4, 0.5) is 0 Å². The highest BCUT2D eigenvalue weighted by Crippen LogP contribution is 2.33. The molecule has 0 aliphatic carbocycles. The van der Waals surface area contributed by atoms with Crippen LogP contribution in [0.1, 0.15) is 11.1 Å². The number of fused-ring (bicyclic) bond motifs is 1. The number of nitrogens with zero attached hydrogens (tertiary/aromatic N) is 1. The summed E-state index contributed by atoms with van der Waals surface area (Å²) in [6.45, 7) is 2.82. The SMILES string of the molecule is CNCc1ccc(Cl)cc1Oc1ccc2c(ccn2C)c1C. The maximum atomic E-state index is 6.16. The molecule has 0 fully saturated rings. The molecule has 0 saturated heterocycles. The predicted molar refractivity (Wildman–Crippen MR) is 91.9 cm³/mol. The van der Waals surface area contributed by atoms with Crippen molar-refractivity contribution in [3.05, 3.63) is 58.7 Å². The van der Waals surface area contributed by atoms with Gasteiger partial charge in [0.15, 0.2) is 0 Å². The molecule has 0 saturated carbocycles. The molecule has 1 aromatic heterocycles. The topological polar surface area (TPSA) is 26.2 Å². The van der Waals surface area contributed by atoms with E-state index in [-0.39, 0.29) is 0 Å². The van der Waals surface area contributed by atoms with Gasteiger partial charge in [0.25, 0.3) is 0 Å². The summed E-state index contributed by atoms with van der Waals surface area (Å²) in [4.78, 5) is 0. The van der Waals surface area contributed by atoms with Crippen LogP contribution >= 0.6 is 11.6 Å². The molecule has 0 unspecified atom stereocenters. The number of hydrogen-bond donors (Lipinski definition) is 1. The van der Waals surface area contributed by atoms with E-state index in [9.17, 15) is 0 Å². The van der Waals surface area contributed by atoms with E-state index in [1.165, 1.54) is 10.9 Å². The first-order valence-corrected chi connectivity index (χ1v) is 7.63. The summed E-state index contributed by atoms with van der Waals surface area (Å²) < 4.78 is 8.27. The highest BCUT2D eigenvalue weighted by atomic mass is 35.5. The fourth-order valence-electron chi connectivity index (χ4n) is 2.67. The molecule has 0 radical (unpaired) electrons. The van der Waals surface area contributed by atoms with Gasteiger partial charge in [0.1, 0.15) is 11.5 Å². The van der Waals surface area contributed by atoms with Gasteiger partial charge in [-0.3, -0.25) is 0 Å². The van der Waals surface area contributed by atoms with E-state index in [1.54, 1.807) is 0 Å². The average Bonchev–Trinajstić information content (AvgIpc) is 2.87. The third-order valence-corrected chi connectivity index (χ3v) is 4.14. The van der Waals surface area contributed by atoms with E-state index in [0.29, 0.717) is 5.02 Å². The van der Waals surface area contributed by atoms with Gasteiger partial charge in [0.2, 0.25) is 0 Å². The fourth-order valence-corrected chi connectivity index (χ4v) is 2.83. The van der Waals surface area contributed by atoms with Crippen molar-refractivity contribution in [2.24, 2.45) is 7.05 Å². The van der Waals surface area contributed by atoms with Gasteiger partial charge in [-0.1, -0.05) is 17.7 Å². The molecule has 1 heterocycles. The second kappa shape index (κ2) is 6.03. The first kappa shape index (κ1) is 14.9. The monoisotopic (exact) mass is 314 g/mol. The molecule has 0 bridgehead atoms. The maximum Gasteiger partial charge on any atom is 0.133 e. The van der Waals surface area contributed by atoms with Crippen LogP contribution in [0, 0.1) is 6.92 Å². The lowest BCUT2D eigenvalue weighted by Gasteiger charge is -2.14. The van der Waals surface area contributed by atoms with E-state index in [4.69, 9.17) is 16.3 Å². The normalized spacial score (nSPS) is 11.1. The van der Waals surface area contributed by atoms with Crippen LogP contribution in [-0.4, -0.2) is 11.6 Å². The lowest BCUT2D eigenvalue weighted by atomic mass is 10.1. The summed E-state index contributed by atoms with van der Waals surface area (Å²) in [5, 5.41) is 5.03. The van der Waals surface area contributed by atoms with Crippen LogP contribution in [0.15, 0.2) is 42.6 Å². The lowest BCUT2D eigenvalue weighted by Crippen LogP contribution is -2.06. The van der Waals surface area contributed by atoms with Crippen molar-refractivity contribution >= 4 is 22.5 Å². The molecule has 0 aliphatic heterocycles. The number of hydrogen-bond acceptors (Lipinski definition) is 2. The average molecular weight is 315 g/mol. The summed E-state index contributed by atoms with van der Waals surface area (Å²) in [5.41, 5.74) is 3.42. The Labute approximate surface area is 135 Å². The molecule has 0 aliphatic rings. The maximum absolute atomic E-state index is 6.16. The third-order valence-electron chi connectivity index (χ3n) is 3.90. The minimum absolute atomic E-state index is 0.674. The van der Waals surface area contributed by atoms with Gasteiger partial charge in [-0.2, -0.15) is 0 Å².